The molecule has 0 radical (unpaired) electrons. The zero-order valence-corrected chi connectivity index (χ0v) is 13.5. The molecule has 2 heterocycles. The third kappa shape index (κ3) is 3.91. The number of nitrogens with zero attached hydrogens (tertiary/aromatic N) is 1. The Labute approximate surface area is 132 Å². The molecular formula is C15H16FNO3S2. The fraction of sp³-hybridized carbons (Fsp3) is 0.400. The summed E-state index contributed by atoms with van der Waals surface area (Å²) in [5.41, 5.74) is 1.46. The Morgan fingerprint density at radius 1 is 1.32 bits per heavy atom. The second kappa shape index (κ2) is 6.44. The minimum atomic E-state index is -3.19. The summed E-state index contributed by atoms with van der Waals surface area (Å²) in [5, 5.41) is 2.37. The number of thiazole rings is 1. The largest absolute Gasteiger partial charge is 0.381 e. The van der Waals surface area contributed by atoms with Crippen LogP contribution in [0.4, 0.5) is 4.39 Å². The van der Waals surface area contributed by atoms with Crippen LogP contribution in [0.25, 0.3) is 11.3 Å². The van der Waals surface area contributed by atoms with E-state index in [2.05, 4.69) is 4.98 Å². The van der Waals surface area contributed by atoms with Gasteiger partial charge in [-0.2, -0.15) is 0 Å². The summed E-state index contributed by atoms with van der Waals surface area (Å²) in [6.45, 7) is 1.17. The van der Waals surface area contributed by atoms with E-state index in [1.807, 2.05) is 0 Å². The highest BCUT2D eigenvalue weighted by atomic mass is 32.2. The van der Waals surface area contributed by atoms with Crippen molar-refractivity contribution in [1.29, 1.82) is 0 Å². The first kappa shape index (κ1) is 15.6. The second-order valence-corrected chi connectivity index (χ2v) is 8.47. The zero-order chi connectivity index (χ0) is 15.6. The number of hydrogen-bond donors (Lipinski definition) is 0. The van der Waals surface area contributed by atoms with E-state index in [1.165, 1.54) is 23.5 Å². The Bertz CT molecular complexity index is 734. The SMILES string of the molecule is O=S(=O)(Cc1nc(-c2ccc(F)cc2)cs1)CC1CCOC1. The number of hydrogen-bond acceptors (Lipinski definition) is 5. The van der Waals surface area contributed by atoms with Crippen molar-refractivity contribution in [2.75, 3.05) is 19.0 Å². The molecule has 1 aromatic heterocycles. The molecule has 1 aromatic carbocycles. The summed E-state index contributed by atoms with van der Waals surface area (Å²) < 4.78 is 42.5. The third-order valence-corrected chi connectivity index (χ3v) is 6.27. The quantitative estimate of drug-likeness (QED) is 0.839. The lowest BCUT2D eigenvalue weighted by atomic mass is 10.2. The third-order valence-electron chi connectivity index (χ3n) is 3.55. The Morgan fingerprint density at radius 3 is 2.77 bits per heavy atom. The summed E-state index contributed by atoms with van der Waals surface area (Å²) in [6.07, 6.45) is 0.804. The number of aromatic nitrogens is 1. The van der Waals surface area contributed by atoms with Crippen molar-refractivity contribution in [3.8, 4) is 11.3 Å². The van der Waals surface area contributed by atoms with Gasteiger partial charge in [0.25, 0.3) is 0 Å². The van der Waals surface area contributed by atoms with Gasteiger partial charge < -0.3 is 4.74 Å². The topological polar surface area (TPSA) is 56.3 Å². The molecule has 22 heavy (non-hydrogen) atoms. The maximum absolute atomic E-state index is 12.9. The molecule has 2 aromatic rings. The van der Waals surface area contributed by atoms with Crippen LogP contribution in [0, 0.1) is 11.7 Å². The first-order valence-electron chi connectivity index (χ1n) is 7.00. The van der Waals surface area contributed by atoms with Crippen LogP contribution < -0.4 is 0 Å². The van der Waals surface area contributed by atoms with Crippen LogP contribution in [0.2, 0.25) is 0 Å². The maximum atomic E-state index is 12.9. The highest BCUT2D eigenvalue weighted by molar-refractivity contribution is 7.90. The smallest absolute Gasteiger partial charge is 0.157 e. The normalized spacial score (nSPS) is 18.7. The van der Waals surface area contributed by atoms with Gasteiger partial charge in [0.05, 0.1) is 18.1 Å². The number of benzene rings is 1. The summed E-state index contributed by atoms with van der Waals surface area (Å²) in [6, 6.07) is 6.01. The lowest BCUT2D eigenvalue weighted by Crippen LogP contribution is -2.17. The number of halogens is 1. The highest BCUT2D eigenvalue weighted by Crippen LogP contribution is 2.24. The van der Waals surface area contributed by atoms with Gasteiger partial charge in [-0.05, 0) is 36.6 Å². The molecule has 0 spiro atoms. The summed E-state index contributed by atoms with van der Waals surface area (Å²) in [7, 11) is -3.19. The van der Waals surface area contributed by atoms with Crippen molar-refractivity contribution in [3.63, 3.8) is 0 Å². The van der Waals surface area contributed by atoms with E-state index in [4.69, 9.17) is 4.74 Å². The molecule has 0 saturated carbocycles. The average molecular weight is 341 g/mol. The van der Waals surface area contributed by atoms with E-state index in [9.17, 15) is 12.8 Å². The van der Waals surface area contributed by atoms with Crippen LogP contribution in [0.15, 0.2) is 29.6 Å². The van der Waals surface area contributed by atoms with E-state index < -0.39 is 9.84 Å². The summed E-state index contributed by atoms with van der Waals surface area (Å²) >= 11 is 1.32. The molecule has 0 N–H and O–H groups in total. The van der Waals surface area contributed by atoms with Crippen molar-refractivity contribution in [1.82, 2.24) is 4.98 Å². The first-order valence-corrected chi connectivity index (χ1v) is 9.70. The number of ether oxygens (including phenoxy) is 1. The predicted octanol–water partition coefficient (Wildman–Crippen LogP) is 2.90. The van der Waals surface area contributed by atoms with Crippen LogP contribution in [0.1, 0.15) is 11.4 Å². The molecule has 0 amide bonds. The van der Waals surface area contributed by atoms with E-state index in [0.717, 1.165) is 12.0 Å². The second-order valence-electron chi connectivity index (χ2n) is 5.42. The minimum Gasteiger partial charge on any atom is -0.381 e. The van der Waals surface area contributed by atoms with Crippen LogP contribution in [-0.2, 0) is 20.3 Å². The van der Waals surface area contributed by atoms with E-state index >= 15 is 0 Å². The van der Waals surface area contributed by atoms with Crippen LogP contribution >= 0.6 is 11.3 Å². The van der Waals surface area contributed by atoms with Gasteiger partial charge in [0.1, 0.15) is 16.6 Å². The molecule has 4 nitrogen and oxygen atoms in total. The summed E-state index contributed by atoms with van der Waals surface area (Å²) in [5.74, 6) is -0.101. The van der Waals surface area contributed by atoms with Gasteiger partial charge in [0.15, 0.2) is 9.84 Å². The Hall–Kier alpha value is -1.31. The van der Waals surface area contributed by atoms with Gasteiger partial charge in [-0.25, -0.2) is 17.8 Å². The van der Waals surface area contributed by atoms with Crippen molar-refractivity contribution < 1.29 is 17.5 Å². The maximum Gasteiger partial charge on any atom is 0.157 e. The molecule has 118 valence electrons. The van der Waals surface area contributed by atoms with Gasteiger partial charge in [0, 0.05) is 17.6 Å². The molecule has 1 saturated heterocycles. The van der Waals surface area contributed by atoms with Crippen molar-refractivity contribution >= 4 is 21.2 Å². The molecule has 3 rings (SSSR count). The molecule has 7 heteroatoms. The molecule has 0 aliphatic carbocycles. The Balaban J connectivity index is 1.69. The molecule has 1 aliphatic rings. The Kier molecular flexibility index (Phi) is 4.56. The molecule has 1 atom stereocenters. The molecule has 1 unspecified atom stereocenters. The number of sulfone groups is 1. The molecule has 0 bridgehead atoms. The van der Waals surface area contributed by atoms with Gasteiger partial charge in [-0.3, -0.25) is 0 Å². The minimum absolute atomic E-state index is 0.0463. The molecular weight excluding hydrogens is 325 g/mol. The average Bonchev–Trinajstić information content (AvgIpc) is 3.10. The van der Waals surface area contributed by atoms with E-state index in [-0.39, 0.29) is 23.2 Å². The lowest BCUT2D eigenvalue weighted by molar-refractivity contribution is 0.188. The van der Waals surface area contributed by atoms with Crippen LogP contribution in [-0.4, -0.2) is 32.4 Å². The predicted molar refractivity (Wildman–Crippen MR) is 83.9 cm³/mol. The van der Waals surface area contributed by atoms with Crippen molar-refractivity contribution in [3.05, 3.63) is 40.5 Å². The van der Waals surface area contributed by atoms with Gasteiger partial charge in [-0.1, -0.05) is 0 Å². The van der Waals surface area contributed by atoms with E-state index in [0.29, 0.717) is 23.9 Å². The standard InChI is InChI=1S/C15H16FNO3S2/c16-13-3-1-12(2-4-13)14-8-21-15(17-14)10-22(18,19)9-11-5-6-20-7-11/h1-4,8,11H,5-7,9-10H2. The van der Waals surface area contributed by atoms with Gasteiger partial charge >= 0.3 is 0 Å². The van der Waals surface area contributed by atoms with E-state index in [1.54, 1.807) is 17.5 Å². The van der Waals surface area contributed by atoms with Crippen LogP contribution in [0.5, 0.6) is 0 Å². The lowest BCUT2D eigenvalue weighted by Gasteiger charge is -2.07. The van der Waals surface area contributed by atoms with Gasteiger partial charge in [0.2, 0.25) is 0 Å². The number of rotatable bonds is 5. The fourth-order valence-electron chi connectivity index (χ4n) is 2.45. The Morgan fingerprint density at radius 2 is 2.09 bits per heavy atom. The monoisotopic (exact) mass is 341 g/mol. The summed E-state index contributed by atoms with van der Waals surface area (Å²) in [4.78, 5) is 4.36. The molecule has 1 aliphatic heterocycles. The van der Waals surface area contributed by atoms with Crippen LogP contribution in [0.3, 0.4) is 0 Å². The fourth-order valence-corrected chi connectivity index (χ4v) is 5.39. The zero-order valence-electron chi connectivity index (χ0n) is 11.9. The van der Waals surface area contributed by atoms with Gasteiger partial charge in [-0.15, -0.1) is 11.3 Å². The first-order chi connectivity index (χ1) is 10.5. The molecule has 1 fully saturated rings. The highest BCUT2D eigenvalue weighted by Gasteiger charge is 2.24. The van der Waals surface area contributed by atoms with Crippen molar-refractivity contribution in [2.24, 2.45) is 5.92 Å². The van der Waals surface area contributed by atoms with Crippen molar-refractivity contribution in [2.45, 2.75) is 12.2 Å².